The Kier molecular flexibility index (Phi) is 5.20. The quantitative estimate of drug-likeness (QED) is 0.560. The summed E-state index contributed by atoms with van der Waals surface area (Å²) >= 11 is 0. The van der Waals surface area contributed by atoms with Gasteiger partial charge in [0, 0.05) is 11.3 Å². The number of carbonyl (C=O) groups excluding carboxylic acids is 1. The second-order valence-corrected chi connectivity index (χ2v) is 7.60. The van der Waals surface area contributed by atoms with Crippen molar-refractivity contribution in [1.29, 1.82) is 0 Å². The van der Waals surface area contributed by atoms with Gasteiger partial charge < -0.3 is 14.4 Å². The van der Waals surface area contributed by atoms with Crippen molar-refractivity contribution in [2.24, 2.45) is 5.92 Å². The van der Waals surface area contributed by atoms with Gasteiger partial charge in [0.1, 0.15) is 5.75 Å². The van der Waals surface area contributed by atoms with E-state index in [-0.39, 0.29) is 5.97 Å². The molecule has 0 aromatic heterocycles. The molecule has 4 heteroatoms. The summed E-state index contributed by atoms with van der Waals surface area (Å²) in [7, 11) is 0. The zero-order chi connectivity index (χ0) is 19.5. The Labute approximate surface area is 165 Å². The van der Waals surface area contributed by atoms with Gasteiger partial charge in [0.15, 0.2) is 6.73 Å². The molecule has 4 rings (SSSR count). The SMILES string of the molecule is CC(C)CCOC(=O)c1ccc(N2COc3ccc4ccccc4c3C2)cc1. The molecule has 0 fully saturated rings. The Morgan fingerprint density at radius 2 is 1.86 bits per heavy atom. The number of ether oxygens (including phenoxy) is 2. The van der Waals surface area contributed by atoms with Crippen LogP contribution < -0.4 is 9.64 Å². The van der Waals surface area contributed by atoms with Gasteiger partial charge in [0.25, 0.3) is 0 Å². The van der Waals surface area contributed by atoms with Crippen molar-refractivity contribution in [2.45, 2.75) is 26.8 Å². The van der Waals surface area contributed by atoms with Crippen LogP contribution in [0.4, 0.5) is 5.69 Å². The molecule has 0 N–H and O–H groups in total. The summed E-state index contributed by atoms with van der Waals surface area (Å²) in [5, 5.41) is 2.43. The third-order valence-corrected chi connectivity index (χ3v) is 5.12. The van der Waals surface area contributed by atoms with Crippen molar-refractivity contribution in [3.63, 3.8) is 0 Å². The van der Waals surface area contributed by atoms with Crippen molar-refractivity contribution in [3.8, 4) is 5.75 Å². The lowest BCUT2D eigenvalue weighted by Crippen LogP contribution is -2.32. The first-order valence-electron chi connectivity index (χ1n) is 9.77. The van der Waals surface area contributed by atoms with E-state index >= 15 is 0 Å². The molecule has 3 aromatic carbocycles. The Morgan fingerprint density at radius 1 is 1.07 bits per heavy atom. The molecule has 0 bridgehead atoms. The van der Waals surface area contributed by atoms with E-state index in [4.69, 9.17) is 9.47 Å². The molecule has 0 saturated carbocycles. The molecular formula is C24H25NO3. The number of rotatable bonds is 5. The van der Waals surface area contributed by atoms with Crippen LogP contribution in [0, 0.1) is 5.92 Å². The summed E-state index contributed by atoms with van der Waals surface area (Å²) in [6, 6.07) is 20.1. The van der Waals surface area contributed by atoms with E-state index in [1.165, 1.54) is 16.3 Å². The minimum atomic E-state index is -0.265. The lowest BCUT2D eigenvalue weighted by Gasteiger charge is -2.31. The highest BCUT2D eigenvalue weighted by atomic mass is 16.5. The third-order valence-electron chi connectivity index (χ3n) is 5.12. The van der Waals surface area contributed by atoms with E-state index in [0.717, 1.165) is 24.4 Å². The van der Waals surface area contributed by atoms with Crippen LogP contribution in [-0.4, -0.2) is 19.3 Å². The van der Waals surface area contributed by atoms with Crippen molar-refractivity contribution < 1.29 is 14.3 Å². The molecule has 0 atom stereocenters. The van der Waals surface area contributed by atoms with E-state index in [1.54, 1.807) is 0 Å². The number of benzene rings is 3. The lowest BCUT2D eigenvalue weighted by atomic mass is 10.0. The first-order chi connectivity index (χ1) is 13.6. The molecular weight excluding hydrogens is 350 g/mol. The highest BCUT2D eigenvalue weighted by molar-refractivity contribution is 5.90. The molecule has 1 heterocycles. The van der Waals surface area contributed by atoms with Gasteiger partial charge in [-0.15, -0.1) is 0 Å². The van der Waals surface area contributed by atoms with Gasteiger partial charge in [-0.2, -0.15) is 0 Å². The Balaban J connectivity index is 1.49. The van der Waals surface area contributed by atoms with Gasteiger partial charge in [-0.3, -0.25) is 0 Å². The number of carbonyl (C=O) groups is 1. The van der Waals surface area contributed by atoms with Crippen molar-refractivity contribution in [1.82, 2.24) is 0 Å². The first kappa shape index (κ1) is 18.4. The van der Waals surface area contributed by atoms with Crippen LogP contribution in [0.25, 0.3) is 10.8 Å². The van der Waals surface area contributed by atoms with E-state index in [0.29, 0.717) is 24.8 Å². The number of nitrogens with zero attached hydrogens (tertiary/aromatic N) is 1. The molecule has 0 saturated heterocycles. The summed E-state index contributed by atoms with van der Waals surface area (Å²) in [6.07, 6.45) is 0.877. The highest BCUT2D eigenvalue weighted by Gasteiger charge is 2.20. The summed E-state index contributed by atoms with van der Waals surface area (Å²) in [5.41, 5.74) is 2.80. The minimum Gasteiger partial charge on any atom is -0.473 e. The number of anilines is 1. The molecule has 0 spiro atoms. The van der Waals surface area contributed by atoms with E-state index < -0.39 is 0 Å². The zero-order valence-electron chi connectivity index (χ0n) is 16.4. The molecule has 1 aliphatic heterocycles. The van der Waals surface area contributed by atoms with E-state index in [9.17, 15) is 4.79 Å². The second-order valence-electron chi connectivity index (χ2n) is 7.60. The van der Waals surface area contributed by atoms with Crippen LogP contribution in [0.2, 0.25) is 0 Å². The van der Waals surface area contributed by atoms with Crippen LogP contribution >= 0.6 is 0 Å². The number of hydrogen-bond donors (Lipinski definition) is 0. The van der Waals surface area contributed by atoms with Gasteiger partial charge in [0.2, 0.25) is 0 Å². The second kappa shape index (κ2) is 7.93. The van der Waals surface area contributed by atoms with Crippen LogP contribution in [0.1, 0.15) is 36.2 Å². The standard InChI is InChI=1S/C24H25NO3/c1-17(2)13-14-27-24(26)19-7-10-20(11-8-19)25-15-22-21-6-4-3-5-18(21)9-12-23(22)28-16-25/h3-12,17H,13-16H2,1-2H3. The smallest absolute Gasteiger partial charge is 0.338 e. The maximum absolute atomic E-state index is 12.2. The average molecular weight is 375 g/mol. The van der Waals surface area contributed by atoms with Crippen LogP contribution in [0.15, 0.2) is 60.7 Å². The lowest BCUT2D eigenvalue weighted by molar-refractivity contribution is 0.0488. The highest BCUT2D eigenvalue weighted by Crippen LogP contribution is 2.34. The van der Waals surface area contributed by atoms with Crippen LogP contribution in [0.5, 0.6) is 5.75 Å². The van der Waals surface area contributed by atoms with Gasteiger partial charge in [-0.25, -0.2) is 4.79 Å². The largest absolute Gasteiger partial charge is 0.473 e. The summed E-state index contributed by atoms with van der Waals surface area (Å²) in [4.78, 5) is 14.3. The van der Waals surface area contributed by atoms with Crippen molar-refractivity contribution in [2.75, 3.05) is 18.2 Å². The van der Waals surface area contributed by atoms with Crippen molar-refractivity contribution >= 4 is 22.4 Å². The predicted octanol–water partition coefficient (Wildman–Crippen LogP) is 5.40. The van der Waals surface area contributed by atoms with Gasteiger partial charge in [-0.05, 0) is 53.4 Å². The van der Waals surface area contributed by atoms with Gasteiger partial charge in [0.05, 0.1) is 18.7 Å². The topological polar surface area (TPSA) is 38.8 Å². The molecule has 0 radical (unpaired) electrons. The first-order valence-corrected chi connectivity index (χ1v) is 9.77. The molecule has 4 nitrogen and oxygen atoms in total. The predicted molar refractivity (Wildman–Crippen MR) is 112 cm³/mol. The fraction of sp³-hybridized carbons (Fsp3) is 0.292. The fourth-order valence-electron chi connectivity index (χ4n) is 3.44. The Morgan fingerprint density at radius 3 is 2.64 bits per heavy atom. The molecule has 0 aliphatic carbocycles. The molecule has 144 valence electrons. The Hall–Kier alpha value is -3.01. The van der Waals surface area contributed by atoms with Gasteiger partial charge in [-0.1, -0.05) is 44.2 Å². The molecule has 3 aromatic rings. The number of esters is 1. The summed E-state index contributed by atoms with van der Waals surface area (Å²) in [6.45, 7) is 5.95. The molecule has 0 unspecified atom stereocenters. The number of hydrogen-bond acceptors (Lipinski definition) is 4. The monoisotopic (exact) mass is 375 g/mol. The van der Waals surface area contributed by atoms with Crippen molar-refractivity contribution in [3.05, 3.63) is 71.8 Å². The van der Waals surface area contributed by atoms with Gasteiger partial charge >= 0.3 is 5.97 Å². The maximum Gasteiger partial charge on any atom is 0.338 e. The molecule has 0 amide bonds. The van der Waals surface area contributed by atoms with E-state index in [1.807, 2.05) is 30.3 Å². The van der Waals surface area contributed by atoms with Crippen LogP contribution in [0.3, 0.4) is 0 Å². The molecule has 1 aliphatic rings. The van der Waals surface area contributed by atoms with E-state index in [2.05, 4.69) is 49.1 Å². The normalized spacial score (nSPS) is 13.3. The Bertz CT molecular complexity index is 979. The minimum absolute atomic E-state index is 0.265. The third kappa shape index (κ3) is 3.81. The zero-order valence-corrected chi connectivity index (χ0v) is 16.4. The maximum atomic E-state index is 12.2. The fourth-order valence-corrected chi connectivity index (χ4v) is 3.44. The summed E-state index contributed by atoms with van der Waals surface area (Å²) in [5.74, 6) is 1.20. The number of fused-ring (bicyclic) bond motifs is 3. The summed E-state index contributed by atoms with van der Waals surface area (Å²) < 4.78 is 11.3. The average Bonchev–Trinajstić information content (AvgIpc) is 2.73. The molecule has 28 heavy (non-hydrogen) atoms. The van der Waals surface area contributed by atoms with Crippen LogP contribution in [-0.2, 0) is 11.3 Å².